The van der Waals surface area contributed by atoms with Crippen molar-refractivity contribution in [3.05, 3.63) is 0 Å². The van der Waals surface area contributed by atoms with Gasteiger partial charge in [0, 0.05) is 43.0 Å². The Morgan fingerprint density at radius 3 is 2.47 bits per heavy atom. The zero-order chi connectivity index (χ0) is 21.1. The average molecular weight is 425 g/mol. The van der Waals surface area contributed by atoms with Crippen LogP contribution >= 0.6 is 0 Å². The predicted octanol–water partition coefficient (Wildman–Crippen LogP) is -0.257. The number of carbonyl (C=O) groups excluding carboxylic acids is 4. The van der Waals surface area contributed by atoms with Crippen molar-refractivity contribution in [2.24, 2.45) is 46.3 Å². The summed E-state index contributed by atoms with van der Waals surface area (Å²) in [6.45, 7) is 6.32. The van der Waals surface area contributed by atoms with Crippen LogP contribution < -0.4 is 34.7 Å². The molecule has 0 aromatic carbocycles. The largest absolute Gasteiger partial charge is 1.00 e. The second-order valence-electron chi connectivity index (χ2n) is 10.8. The number of fused-ring (bicyclic) bond motifs is 5. The van der Waals surface area contributed by atoms with E-state index in [1.807, 2.05) is 6.92 Å². The van der Waals surface area contributed by atoms with E-state index in [0.717, 1.165) is 19.3 Å². The van der Waals surface area contributed by atoms with Crippen LogP contribution in [0.15, 0.2) is 0 Å². The minimum atomic E-state index is -1.04. The molecular weight excluding hydrogens is 391 g/mol. The van der Waals surface area contributed by atoms with Crippen molar-refractivity contribution in [3.63, 3.8) is 0 Å². The van der Waals surface area contributed by atoms with Gasteiger partial charge in [-0.1, -0.05) is 20.8 Å². The summed E-state index contributed by atoms with van der Waals surface area (Å²) in [6.07, 6.45) is 5.08. The molecule has 4 aliphatic rings. The van der Waals surface area contributed by atoms with Crippen molar-refractivity contribution in [1.82, 2.24) is 0 Å². The van der Waals surface area contributed by atoms with E-state index in [9.17, 15) is 24.3 Å². The number of carbonyl (C=O) groups is 4. The van der Waals surface area contributed by atoms with Crippen LogP contribution in [0.4, 0.5) is 0 Å². The zero-order valence-corrected chi connectivity index (χ0v) is 20.9. The minimum absolute atomic E-state index is 0. The summed E-state index contributed by atoms with van der Waals surface area (Å²) in [5.74, 6) is 0.130. The standard InChI is InChI=1S/C24H34O5.Na/c1-13(4-7-21(28)29)16-5-6-17-22-18(12-20(27)24(16,17)3)23(2)9-8-15(25)10-14(23)11-19(22)26;/h13-14,16-18,22H,4-12H2,1-3H3,(H,28,29);/q;+1/p-1/t13?,14?,16?,17?,18?,22?,23-,24+;/m0./s1. The molecule has 4 aliphatic carbocycles. The second-order valence-corrected chi connectivity index (χ2v) is 10.8. The quantitative estimate of drug-likeness (QED) is 0.580. The van der Waals surface area contributed by atoms with Gasteiger partial charge in [0.1, 0.15) is 17.3 Å². The monoisotopic (exact) mass is 424 g/mol. The first-order chi connectivity index (χ1) is 13.6. The van der Waals surface area contributed by atoms with Crippen LogP contribution in [0.25, 0.3) is 0 Å². The summed E-state index contributed by atoms with van der Waals surface area (Å²) < 4.78 is 0. The number of hydrogen-bond donors (Lipinski definition) is 0. The van der Waals surface area contributed by atoms with Crippen LogP contribution in [0.1, 0.15) is 78.6 Å². The molecule has 0 amide bonds. The Kier molecular flexibility index (Phi) is 6.79. The Morgan fingerprint density at radius 2 is 1.80 bits per heavy atom. The van der Waals surface area contributed by atoms with Gasteiger partial charge < -0.3 is 9.90 Å². The van der Waals surface area contributed by atoms with Crippen LogP contribution in [-0.4, -0.2) is 23.3 Å². The van der Waals surface area contributed by atoms with Gasteiger partial charge in [0.15, 0.2) is 0 Å². The molecule has 0 N–H and O–H groups in total. The Morgan fingerprint density at radius 1 is 1.10 bits per heavy atom. The Hall–Kier alpha value is -0.520. The first-order valence-corrected chi connectivity index (χ1v) is 11.4. The summed E-state index contributed by atoms with van der Waals surface area (Å²) in [7, 11) is 0. The Labute approximate surface area is 201 Å². The fourth-order valence-electron chi connectivity index (χ4n) is 7.94. The molecule has 0 spiro atoms. The summed E-state index contributed by atoms with van der Waals surface area (Å²) in [5, 5.41) is 10.9. The molecule has 0 heterocycles. The molecule has 0 radical (unpaired) electrons. The number of hydrogen-bond acceptors (Lipinski definition) is 5. The van der Waals surface area contributed by atoms with Crippen molar-refractivity contribution in [2.75, 3.05) is 0 Å². The SMILES string of the molecule is CC(CCC(=O)[O-])C1CCC2C3C(=O)CC4CC(=O)CC[C@]4(C)C3CC(=O)[C@]12C.[Na+]. The van der Waals surface area contributed by atoms with Crippen LogP contribution in [-0.2, 0) is 19.2 Å². The third-order valence-electron chi connectivity index (χ3n) is 9.71. The Balaban J connectivity index is 0.00000256. The van der Waals surface area contributed by atoms with Gasteiger partial charge in [-0.25, -0.2) is 0 Å². The van der Waals surface area contributed by atoms with Gasteiger partial charge in [0.25, 0.3) is 0 Å². The van der Waals surface area contributed by atoms with Gasteiger partial charge in [0.05, 0.1) is 0 Å². The number of ketones is 3. The maximum absolute atomic E-state index is 13.6. The van der Waals surface area contributed by atoms with Crippen LogP contribution in [0.2, 0.25) is 0 Å². The van der Waals surface area contributed by atoms with Gasteiger partial charge in [-0.3, -0.25) is 14.4 Å². The fraction of sp³-hybridized carbons (Fsp3) is 0.833. The van der Waals surface area contributed by atoms with Gasteiger partial charge in [0.2, 0.25) is 0 Å². The molecule has 0 aromatic rings. The fourth-order valence-corrected chi connectivity index (χ4v) is 7.94. The van der Waals surface area contributed by atoms with Crippen molar-refractivity contribution in [1.29, 1.82) is 0 Å². The molecule has 4 rings (SSSR count). The molecule has 4 fully saturated rings. The first-order valence-electron chi connectivity index (χ1n) is 11.4. The topological polar surface area (TPSA) is 91.3 Å². The van der Waals surface area contributed by atoms with Crippen molar-refractivity contribution < 1.29 is 53.8 Å². The summed E-state index contributed by atoms with van der Waals surface area (Å²) in [4.78, 5) is 49.8. The Bertz CT molecular complexity index is 763. The van der Waals surface area contributed by atoms with E-state index in [2.05, 4.69) is 13.8 Å². The van der Waals surface area contributed by atoms with Crippen LogP contribution in [0, 0.1) is 46.3 Å². The summed E-state index contributed by atoms with van der Waals surface area (Å²) >= 11 is 0. The van der Waals surface area contributed by atoms with Crippen LogP contribution in [0.5, 0.6) is 0 Å². The molecule has 6 heteroatoms. The van der Waals surface area contributed by atoms with Crippen molar-refractivity contribution in [2.45, 2.75) is 78.6 Å². The van der Waals surface area contributed by atoms with Gasteiger partial charge in [-0.05, 0) is 67.1 Å². The molecule has 0 bridgehead atoms. The molecule has 4 saturated carbocycles. The number of rotatable bonds is 4. The maximum atomic E-state index is 13.6. The molecule has 160 valence electrons. The molecule has 5 nitrogen and oxygen atoms in total. The summed E-state index contributed by atoms with van der Waals surface area (Å²) in [6, 6.07) is 0. The predicted molar refractivity (Wildman–Crippen MR) is 104 cm³/mol. The number of aliphatic carboxylic acids is 1. The third kappa shape index (κ3) is 3.57. The molecule has 30 heavy (non-hydrogen) atoms. The first kappa shape index (κ1) is 24.1. The van der Waals surface area contributed by atoms with E-state index >= 15 is 0 Å². The molecule has 6 unspecified atom stereocenters. The van der Waals surface area contributed by atoms with E-state index < -0.39 is 11.4 Å². The van der Waals surface area contributed by atoms with Crippen molar-refractivity contribution in [3.8, 4) is 0 Å². The molecule has 8 atom stereocenters. The number of carboxylic acid groups (broad SMARTS) is 1. The molecule has 0 saturated heterocycles. The van der Waals surface area contributed by atoms with E-state index in [1.54, 1.807) is 0 Å². The van der Waals surface area contributed by atoms with Gasteiger partial charge >= 0.3 is 29.6 Å². The summed E-state index contributed by atoms with van der Waals surface area (Å²) in [5.41, 5.74) is -0.627. The van der Waals surface area contributed by atoms with Crippen molar-refractivity contribution >= 4 is 23.3 Å². The third-order valence-corrected chi connectivity index (χ3v) is 9.71. The maximum Gasteiger partial charge on any atom is 1.00 e. The average Bonchev–Trinajstić information content (AvgIpc) is 3.01. The number of Topliss-reactive ketones (excluding diaryl/α,β-unsaturated/α-hetero) is 3. The number of carboxylic acids is 1. The van der Waals surface area contributed by atoms with Gasteiger partial charge in [-0.2, -0.15) is 0 Å². The minimum Gasteiger partial charge on any atom is -0.550 e. The molecule has 0 aromatic heterocycles. The normalized spacial score (nSPS) is 43.8. The smallest absolute Gasteiger partial charge is 0.550 e. The van der Waals surface area contributed by atoms with Gasteiger partial charge in [-0.15, -0.1) is 0 Å². The van der Waals surface area contributed by atoms with E-state index in [-0.39, 0.29) is 94.3 Å². The van der Waals surface area contributed by atoms with E-state index in [4.69, 9.17) is 0 Å². The molecular formula is C24H33NaO5. The zero-order valence-electron chi connectivity index (χ0n) is 18.9. The molecule has 0 aliphatic heterocycles. The van der Waals surface area contributed by atoms with Crippen LogP contribution in [0.3, 0.4) is 0 Å². The van der Waals surface area contributed by atoms with E-state index in [0.29, 0.717) is 32.1 Å². The second kappa shape index (κ2) is 8.44. The van der Waals surface area contributed by atoms with E-state index in [1.165, 1.54) is 0 Å².